The molecule has 0 amide bonds. The van der Waals surface area contributed by atoms with Crippen LogP contribution in [-0.4, -0.2) is 30.4 Å². The molecule has 2 aromatic carbocycles. The van der Waals surface area contributed by atoms with Crippen molar-refractivity contribution in [3.63, 3.8) is 0 Å². The number of carbonyl (C=O) groups excluding carboxylic acids is 1. The summed E-state index contributed by atoms with van der Waals surface area (Å²) in [7, 11) is 3.03. The Labute approximate surface area is 157 Å². The van der Waals surface area contributed by atoms with Crippen LogP contribution in [0.25, 0.3) is 11.3 Å². The van der Waals surface area contributed by atoms with Gasteiger partial charge in [-0.3, -0.25) is 0 Å². The third kappa shape index (κ3) is 4.06. The molecule has 6 heteroatoms. The first-order valence-corrected chi connectivity index (χ1v) is 8.37. The number of esters is 1. The van der Waals surface area contributed by atoms with E-state index in [1.165, 1.54) is 25.3 Å². The summed E-state index contributed by atoms with van der Waals surface area (Å²) in [5.74, 6) is 0.557. The molecule has 0 fully saturated rings. The Balaban J connectivity index is 1.76. The first-order chi connectivity index (χ1) is 13.0. The van der Waals surface area contributed by atoms with Crippen LogP contribution in [0.5, 0.6) is 17.4 Å². The third-order valence-corrected chi connectivity index (χ3v) is 4.26. The molecule has 1 aromatic heterocycles. The first-order valence-electron chi connectivity index (χ1n) is 8.37. The van der Waals surface area contributed by atoms with Crippen LogP contribution in [-0.2, 0) is 0 Å². The zero-order chi connectivity index (χ0) is 19.4. The lowest BCUT2D eigenvalue weighted by molar-refractivity contribution is 0.0725. The van der Waals surface area contributed by atoms with Crippen LogP contribution in [0.2, 0.25) is 0 Å². The summed E-state index contributed by atoms with van der Waals surface area (Å²) in [6, 6.07) is 14.3. The molecule has 0 saturated heterocycles. The number of rotatable bonds is 5. The number of aryl methyl sites for hydroxylation is 2. The van der Waals surface area contributed by atoms with Crippen molar-refractivity contribution in [2.24, 2.45) is 0 Å². The van der Waals surface area contributed by atoms with E-state index in [4.69, 9.17) is 14.2 Å². The lowest BCUT2D eigenvalue weighted by Crippen LogP contribution is -2.10. The number of aromatic nitrogens is 2. The number of benzene rings is 2. The van der Waals surface area contributed by atoms with E-state index in [2.05, 4.69) is 23.2 Å². The summed E-state index contributed by atoms with van der Waals surface area (Å²) in [4.78, 5) is 12.3. The molecule has 1 heterocycles. The summed E-state index contributed by atoms with van der Waals surface area (Å²) >= 11 is 0. The maximum atomic E-state index is 12.3. The van der Waals surface area contributed by atoms with Crippen LogP contribution in [0.3, 0.4) is 0 Å². The van der Waals surface area contributed by atoms with E-state index in [-0.39, 0.29) is 5.88 Å². The lowest BCUT2D eigenvalue weighted by Gasteiger charge is -2.09. The molecule has 0 aliphatic rings. The van der Waals surface area contributed by atoms with Crippen LogP contribution in [0, 0.1) is 13.8 Å². The Morgan fingerprint density at radius 2 is 1.59 bits per heavy atom. The quantitative estimate of drug-likeness (QED) is 0.638. The monoisotopic (exact) mass is 364 g/mol. The van der Waals surface area contributed by atoms with Crippen LogP contribution < -0.4 is 14.2 Å². The molecule has 138 valence electrons. The van der Waals surface area contributed by atoms with Gasteiger partial charge in [0.2, 0.25) is 5.88 Å². The van der Waals surface area contributed by atoms with E-state index in [1.807, 2.05) is 19.1 Å². The number of ether oxygens (including phenoxy) is 3. The van der Waals surface area contributed by atoms with Crippen molar-refractivity contribution in [2.75, 3.05) is 14.2 Å². The normalized spacial score (nSPS) is 10.4. The molecular weight excluding hydrogens is 344 g/mol. The largest absolute Gasteiger partial charge is 0.493 e. The highest BCUT2D eigenvalue weighted by Gasteiger charge is 2.14. The minimum Gasteiger partial charge on any atom is -0.493 e. The Morgan fingerprint density at radius 3 is 2.22 bits per heavy atom. The number of hydrogen-bond acceptors (Lipinski definition) is 6. The molecule has 0 atom stereocenters. The zero-order valence-electron chi connectivity index (χ0n) is 15.6. The predicted molar refractivity (Wildman–Crippen MR) is 101 cm³/mol. The molecule has 27 heavy (non-hydrogen) atoms. The molecule has 0 aliphatic carbocycles. The average Bonchev–Trinajstić information content (AvgIpc) is 2.70. The van der Waals surface area contributed by atoms with Gasteiger partial charge < -0.3 is 14.2 Å². The van der Waals surface area contributed by atoms with Gasteiger partial charge in [-0.2, -0.15) is 0 Å². The SMILES string of the molecule is COc1ccc(C(=O)Oc2ccc(-c3ccc(C)c(C)c3)nn2)cc1OC. The van der Waals surface area contributed by atoms with Crippen molar-refractivity contribution in [3.8, 4) is 28.6 Å². The van der Waals surface area contributed by atoms with E-state index in [0.29, 0.717) is 22.8 Å². The van der Waals surface area contributed by atoms with Gasteiger partial charge in [0, 0.05) is 11.6 Å². The number of carbonyl (C=O) groups is 1. The maximum absolute atomic E-state index is 12.3. The predicted octanol–water partition coefficient (Wildman–Crippen LogP) is 4.00. The van der Waals surface area contributed by atoms with Crippen molar-refractivity contribution < 1.29 is 19.0 Å². The molecule has 0 aliphatic heterocycles. The van der Waals surface area contributed by atoms with Crippen molar-refractivity contribution >= 4 is 5.97 Å². The van der Waals surface area contributed by atoms with E-state index in [0.717, 1.165) is 5.56 Å². The number of hydrogen-bond donors (Lipinski definition) is 0. The minimum absolute atomic E-state index is 0.127. The molecule has 0 radical (unpaired) electrons. The molecule has 3 rings (SSSR count). The van der Waals surface area contributed by atoms with Gasteiger partial charge in [-0.05, 0) is 55.3 Å². The molecule has 0 unspecified atom stereocenters. The van der Waals surface area contributed by atoms with Gasteiger partial charge in [0.05, 0.1) is 25.5 Å². The van der Waals surface area contributed by atoms with E-state index < -0.39 is 5.97 Å². The van der Waals surface area contributed by atoms with Gasteiger partial charge in [-0.1, -0.05) is 12.1 Å². The van der Waals surface area contributed by atoms with Crippen molar-refractivity contribution in [1.82, 2.24) is 10.2 Å². The third-order valence-electron chi connectivity index (χ3n) is 4.26. The Kier molecular flexibility index (Phi) is 5.35. The fourth-order valence-corrected chi connectivity index (χ4v) is 2.55. The number of methoxy groups -OCH3 is 2. The van der Waals surface area contributed by atoms with Crippen molar-refractivity contribution in [1.29, 1.82) is 0 Å². The summed E-state index contributed by atoms with van der Waals surface area (Å²) < 4.78 is 15.7. The Hall–Kier alpha value is -3.41. The Morgan fingerprint density at radius 1 is 0.815 bits per heavy atom. The smallest absolute Gasteiger partial charge is 0.345 e. The van der Waals surface area contributed by atoms with Gasteiger partial charge in [-0.15, -0.1) is 10.2 Å². The average molecular weight is 364 g/mol. The fraction of sp³-hybridized carbons (Fsp3) is 0.190. The second-order valence-corrected chi connectivity index (χ2v) is 6.02. The van der Waals surface area contributed by atoms with Crippen LogP contribution in [0.4, 0.5) is 0 Å². The van der Waals surface area contributed by atoms with Gasteiger partial charge in [-0.25, -0.2) is 4.79 Å². The standard InChI is InChI=1S/C21H20N2O4/c1-13-5-6-15(11-14(13)2)17-8-10-20(23-22-17)27-21(24)16-7-9-18(25-3)19(12-16)26-4/h5-12H,1-4H3. The van der Waals surface area contributed by atoms with Gasteiger partial charge in [0.1, 0.15) is 0 Å². The highest BCUT2D eigenvalue weighted by Crippen LogP contribution is 2.28. The molecule has 0 bridgehead atoms. The minimum atomic E-state index is -0.552. The summed E-state index contributed by atoms with van der Waals surface area (Å²) in [5.41, 5.74) is 4.39. The first kappa shape index (κ1) is 18.4. The van der Waals surface area contributed by atoms with Crippen LogP contribution in [0.15, 0.2) is 48.5 Å². The fourth-order valence-electron chi connectivity index (χ4n) is 2.55. The van der Waals surface area contributed by atoms with E-state index in [9.17, 15) is 4.79 Å². The molecule has 0 N–H and O–H groups in total. The second kappa shape index (κ2) is 7.86. The highest BCUT2D eigenvalue weighted by molar-refractivity contribution is 5.91. The van der Waals surface area contributed by atoms with Crippen LogP contribution >= 0.6 is 0 Å². The van der Waals surface area contributed by atoms with Gasteiger partial charge >= 0.3 is 5.97 Å². The van der Waals surface area contributed by atoms with Crippen LogP contribution in [0.1, 0.15) is 21.5 Å². The molecular formula is C21H20N2O4. The molecule has 0 saturated carbocycles. The van der Waals surface area contributed by atoms with Gasteiger partial charge in [0.25, 0.3) is 0 Å². The zero-order valence-corrected chi connectivity index (χ0v) is 15.6. The van der Waals surface area contributed by atoms with Crippen molar-refractivity contribution in [2.45, 2.75) is 13.8 Å². The Bertz CT molecular complexity index is 968. The maximum Gasteiger partial charge on any atom is 0.345 e. The number of nitrogens with zero attached hydrogens (tertiary/aromatic N) is 2. The highest BCUT2D eigenvalue weighted by atomic mass is 16.5. The summed E-state index contributed by atoms with van der Waals surface area (Å²) in [5, 5.41) is 8.16. The molecule has 6 nitrogen and oxygen atoms in total. The topological polar surface area (TPSA) is 70.5 Å². The molecule has 0 spiro atoms. The summed E-state index contributed by atoms with van der Waals surface area (Å²) in [6.07, 6.45) is 0. The van der Waals surface area contributed by atoms with Crippen molar-refractivity contribution in [3.05, 3.63) is 65.2 Å². The molecule has 3 aromatic rings. The second-order valence-electron chi connectivity index (χ2n) is 6.02. The lowest BCUT2D eigenvalue weighted by atomic mass is 10.0. The van der Waals surface area contributed by atoms with Gasteiger partial charge in [0.15, 0.2) is 11.5 Å². The van der Waals surface area contributed by atoms with E-state index in [1.54, 1.807) is 30.3 Å². The summed E-state index contributed by atoms with van der Waals surface area (Å²) in [6.45, 7) is 4.10. The van der Waals surface area contributed by atoms with E-state index >= 15 is 0 Å².